The maximum absolute atomic E-state index is 12.7. The van der Waals surface area contributed by atoms with E-state index < -0.39 is 16.8 Å². The number of esters is 1. The fraction of sp³-hybridized carbons (Fsp3) is 0.250. The number of hydrogen-bond donors (Lipinski definition) is 0. The summed E-state index contributed by atoms with van der Waals surface area (Å²) in [5, 5.41) is 11.1. The monoisotopic (exact) mass is 429 g/mol. The van der Waals surface area contributed by atoms with Gasteiger partial charge in [0, 0.05) is 30.8 Å². The second-order valence-electron chi connectivity index (χ2n) is 6.13. The molecule has 0 N–H and O–H groups in total. The molecule has 0 saturated carbocycles. The van der Waals surface area contributed by atoms with E-state index >= 15 is 0 Å². The van der Waals surface area contributed by atoms with Gasteiger partial charge in [-0.25, -0.2) is 4.79 Å². The molecule has 0 aliphatic carbocycles. The number of fused-ring (bicyclic) bond motifs is 1. The lowest BCUT2D eigenvalue weighted by Crippen LogP contribution is -2.19. The molecule has 0 bridgehead atoms. The van der Waals surface area contributed by atoms with E-state index in [0.29, 0.717) is 41.2 Å². The van der Waals surface area contributed by atoms with Gasteiger partial charge in [-0.1, -0.05) is 11.3 Å². The zero-order valence-corrected chi connectivity index (χ0v) is 17.2. The second-order valence-corrected chi connectivity index (χ2v) is 7.14. The summed E-state index contributed by atoms with van der Waals surface area (Å²) in [4.78, 5) is 39.5. The van der Waals surface area contributed by atoms with Crippen molar-refractivity contribution in [3.63, 3.8) is 0 Å². The summed E-state index contributed by atoms with van der Waals surface area (Å²) in [5.74, 6) is -0.983. The number of amides is 1. The first kappa shape index (κ1) is 21.3. The summed E-state index contributed by atoms with van der Waals surface area (Å²) < 4.78 is 12.6. The number of aromatic nitrogens is 1. The predicted molar refractivity (Wildman–Crippen MR) is 111 cm³/mol. The Morgan fingerprint density at radius 3 is 2.50 bits per heavy atom. The number of methoxy groups -OCH3 is 1. The lowest BCUT2D eigenvalue weighted by molar-refractivity contribution is -0.384. The number of nitrogens with zero attached hydrogens (tertiary/aromatic N) is 3. The van der Waals surface area contributed by atoms with Crippen molar-refractivity contribution < 1.29 is 24.0 Å². The van der Waals surface area contributed by atoms with Crippen LogP contribution in [-0.2, 0) is 16.0 Å². The van der Waals surface area contributed by atoms with Crippen LogP contribution in [-0.4, -0.2) is 41.7 Å². The Kier molecular flexibility index (Phi) is 6.70. The van der Waals surface area contributed by atoms with Gasteiger partial charge in [-0.15, -0.1) is 0 Å². The highest BCUT2D eigenvalue weighted by atomic mass is 32.1. The molecular formula is C20H19N3O6S. The molecule has 0 spiro atoms. The van der Waals surface area contributed by atoms with Gasteiger partial charge in [0.15, 0.2) is 4.80 Å². The predicted octanol–water partition coefficient (Wildman–Crippen LogP) is 3.18. The number of nitro groups is 1. The molecule has 30 heavy (non-hydrogen) atoms. The third-order valence-electron chi connectivity index (χ3n) is 4.29. The highest BCUT2D eigenvalue weighted by molar-refractivity contribution is 7.16. The van der Waals surface area contributed by atoms with Gasteiger partial charge < -0.3 is 14.0 Å². The van der Waals surface area contributed by atoms with Crippen LogP contribution < -0.4 is 4.80 Å². The number of hydrogen-bond acceptors (Lipinski definition) is 7. The average molecular weight is 429 g/mol. The summed E-state index contributed by atoms with van der Waals surface area (Å²) in [6, 6.07) is 10.5. The zero-order valence-electron chi connectivity index (χ0n) is 16.4. The van der Waals surface area contributed by atoms with Crippen LogP contribution in [0.3, 0.4) is 0 Å². The molecule has 0 saturated heterocycles. The van der Waals surface area contributed by atoms with Crippen molar-refractivity contribution in [3.05, 3.63) is 68.5 Å². The molecule has 0 aliphatic heterocycles. The van der Waals surface area contributed by atoms with Crippen molar-refractivity contribution in [3.8, 4) is 0 Å². The smallest absolute Gasteiger partial charge is 0.337 e. The average Bonchev–Trinajstić information content (AvgIpc) is 3.09. The Bertz CT molecular complexity index is 1160. The maximum Gasteiger partial charge on any atom is 0.337 e. The molecule has 0 radical (unpaired) electrons. The van der Waals surface area contributed by atoms with Crippen molar-refractivity contribution in [2.24, 2.45) is 4.99 Å². The standard InChI is InChI=1S/C20H19N3O6S/c1-3-29-11-10-22-16-12-15(23(26)27)8-9-17(16)30-20(22)21-18(24)13-4-6-14(7-5-13)19(25)28-2/h4-9,12H,3,10-11H2,1-2H3. The molecule has 156 valence electrons. The molecule has 1 heterocycles. The Balaban J connectivity index is 2.03. The third kappa shape index (κ3) is 4.61. The molecule has 1 aromatic heterocycles. The van der Waals surface area contributed by atoms with Crippen LogP contribution in [0.2, 0.25) is 0 Å². The van der Waals surface area contributed by atoms with Crippen molar-refractivity contribution in [2.75, 3.05) is 20.3 Å². The highest BCUT2D eigenvalue weighted by Crippen LogP contribution is 2.23. The topological polar surface area (TPSA) is 113 Å². The van der Waals surface area contributed by atoms with E-state index in [1.807, 2.05) is 6.92 Å². The van der Waals surface area contributed by atoms with Crippen molar-refractivity contribution >= 4 is 39.1 Å². The Hall–Kier alpha value is -3.37. The first-order chi connectivity index (χ1) is 14.4. The van der Waals surface area contributed by atoms with Gasteiger partial charge in [-0.05, 0) is 37.3 Å². The van der Waals surface area contributed by atoms with Gasteiger partial charge in [-0.2, -0.15) is 4.99 Å². The number of carbonyl (C=O) groups excluding carboxylic acids is 2. The van der Waals surface area contributed by atoms with Gasteiger partial charge in [-0.3, -0.25) is 14.9 Å². The van der Waals surface area contributed by atoms with E-state index in [1.54, 1.807) is 10.6 Å². The molecule has 10 heteroatoms. The third-order valence-corrected chi connectivity index (χ3v) is 5.35. The van der Waals surface area contributed by atoms with E-state index in [4.69, 9.17) is 4.74 Å². The van der Waals surface area contributed by atoms with Gasteiger partial charge in [0.25, 0.3) is 11.6 Å². The fourth-order valence-electron chi connectivity index (χ4n) is 2.79. The van der Waals surface area contributed by atoms with Crippen LogP contribution in [0.25, 0.3) is 10.2 Å². The van der Waals surface area contributed by atoms with Crippen LogP contribution >= 0.6 is 11.3 Å². The van der Waals surface area contributed by atoms with E-state index in [9.17, 15) is 19.7 Å². The molecule has 0 fully saturated rings. The quantitative estimate of drug-likeness (QED) is 0.247. The van der Waals surface area contributed by atoms with Crippen LogP contribution in [0.1, 0.15) is 27.6 Å². The van der Waals surface area contributed by atoms with Crippen molar-refractivity contribution in [1.82, 2.24) is 4.57 Å². The molecule has 9 nitrogen and oxygen atoms in total. The molecule has 0 unspecified atom stereocenters. The second kappa shape index (κ2) is 9.42. The lowest BCUT2D eigenvalue weighted by Gasteiger charge is -2.05. The van der Waals surface area contributed by atoms with E-state index in [1.165, 1.54) is 54.8 Å². The molecule has 2 aromatic carbocycles. The van der Waals surface area contributed by atoms with Crippen LogP contribution in [0.15, 0.2) is 47.5 Å². The summed E-state index contributed by atoms with van der Waals surface area (Å²) in [6.45, 7) is 3.16. The van der Waals surface area contributed by atoms with Gasteiger partial charge in [0.1, 0.15) is 0 Å². The Morgan fingerprint density at radius 2 is 1.87 bits per heavy atom. The summed E-state index contributed by atoms with van der Waals surface area (Å²) in [7, 11) is 1.28. The summed E-state index contributed by atoms with van der Waals surface area (Å²) in [5.41, 5.74) is 1.21. The largest absolute Gasteiger partial charge is 0.465 e. The number of carbonyl (C=O) groups is 2. The van der Waals surface area contributed by atoms with E-state index in [0.717, 1.165) is 4.70 Å². The first-order valence-electron chi connectivity index (χ1n) is 9.07. The lowest BCUT2D eigenvalue weighted by atomic mass is 10.1. The number of thiazole rings is 1. The highest BCUT2D eigenvalue weighted by Gasteiger charge is 2.14. The van der Waals surface area contributed by atoms with Crippen LogP contribution in [0.5, 0.6) is 0 Å². The first-order valence-corrected chi connectivity index (χ1v) is 9.89. The van der Waals surface area contributed by atoms with Gasteiger partial charge >= 0.3 is 5.97 Å². The Labute approximate surface area is 175 Å². The van der Waals surface area contributed by atoms with E-state index in [-0.39, 0.29) is 5.69 Å². The van der Waals surface area contributed by atoms with Crippen molar-refractivity contribution in [1.29, 1.82) is 0 Å². The van der Waals surface area contributed by atoms with Gasteiger partial charge in [0.05, 0.1) is 34.4 Å². The van der Waals surface area contributed by atoms with Crippen LogP contribution in [0, 0.1) is 10.1 Å². The van der Waals surface area contributed by atoms with E-state index in [2.05, 4.69) is 9.73 Å². The number of benzene rings is 2. The minimum absolute atomic E-state index is 0.0401. The molecular weight excluding hydrogens is 410 g/mol. The SMILES string of the molecule is CCOCCn1c(=NC(=O)c2ccc(C(=O)OC)cc2)sc2ccc([N+](=O)[O-])cc21. The maximum atomic E-state index is 12.7. The molecule has 3 rings (SSSR count). The normalized spacial score (nSPS) is 11.6. The number of rotatable bonds is 7. The summed E-state index contributed by atoms with van der Waals surface area (Å²) >= 11 is 1.26. The molecule has 0 aliphatic rings. The molecule has 0 atom stereocenters. The summed E-state index contributed by atoms with van der Waals surface area (Å²) in [6.07, 6.45) is 0. The minimum Gasteiger partial charge on any atom is -0.465 e. The number of non-ortho nitro benzene ring substituents is 1. The number of nitro benzene ring substituents is 1. The number of ether oxygens (including phenoxy) is 2. The Morgan fingerprint density at radius 1 is 1.17 bits per heavy atom. The van der Waals surface area contributed by atoms with Crippen LogP contribution in [0.4, 0.5) is 5.69 Å². The zero-order chi connectivity index (χ0) is 21.7. The molecule has 1 amide bonds. The minimum atomic E-state index is -0.495. The molecule has 3 aromatic rings. The van der Waals surface area contributed by atoms with Crippen molar-refractivity contribution in [2.45, 2.75) is 13.5 Å². The van der Waals surface area contributed by atoms with Gasteiger partial charge in [0.2, 0.25) is 0 Å². The fourth-order valence-corrected chi connectivity index (χ4v) is 3.83.